The smallest absolute Gasteiger partial charge is 0.161 e. The van der Waals surface area contributed by atoms with Crippen molar-refractivity contribution in [2.75, 3.05) is 20.1 Å². The van der Waals surface area contributed by atoms with Crippen molar-refractivity contribution in [2.24, 2.45) is 0 Å². The molecule has 0 aromatic carbocycles. The van der Waals surface area contributed by atoms with Crippen LogP contribution in [0.4, 0.5) is 0 Å². The lowest BCUT2D eigenvalue weighted by molar-refractivity contribution is -0.127. The van der Waals surface area contributed by atoms with Crippen molar-refractivity contribution in [1.82, 2.24) is 4.90 Å². The predicted octanol–water partition coefficient (Wildman–Crippen LogP) is 1.20. The van der Waals surface area contributed by atoms with Gasteiger partial charge in [-0.05, 0) is 52.2 Å². The number of rotatable bonds is 0. The van der Waals surface area contributed by atoms with Crippen molar-refractivity contribution in [2.45, 2.75) is 44.6 Å². The van der Waals surface area contributed by atoms with E-state index in [-0.39, 0.29) is 5.78 Å². The molecule has 1 saturated heterocycles. The summed E-state index contributed by atoms with van der Waals surface area (Å²) in [6, 6.07) is 0. The first-order valence-electron chi connectivity index (χ1n) is 5.59. The van der Waals surface area contributed by atoms with E-state index in [1.807, 2.05) is 0 Å². The van der Waals surface area contributed by atoms with Gasteiger partial charge in [0.1, 0.15) is 6.10 Å². The van der Waals surface area contributed by atoms with E-state index in [1.54, 1.807) is 0 Å². The van der Waals surface area contributed by atoms with E-state index in [2.05, 4.69) is 11.9 Å². The van der Waals surface area contributed by atoms with Gasteiger partial charge in [0.05, 0.1) is 0 Å². The molecular formula is C11H21NO2. The van der Waals surface area contributed by atoms with Crippen molar-refractivity contribution >= 4 is 5.78 Å². The van der Waals surface area contributed by atoms with Crippen LogP contribution in [0, 0.1) is 0 Å². The second-order valence-electron chi connectivity index (χ2n) is 4.24. The van der Waals surface area contributed by atoms with Crippen LogP contribution < -0.4 is 0 Å². The van der Waals surface area contributed by atoms with Gasteiger partial charge >= 0.3 is 0 Å². The van der Waals surface area contributed by atoms with Gasteiger partial charge in [0, 0.05) is 6.42 Å². The third-order valence-electron chi connectivity index (χ3n) is 2.85. The van der Waals surface area contributed by atoms with Gasteiger partial charge in [-0.1, -0.05) is 0 Å². The van der Waals surface area contributed by atoms with Crippen LogP contribution in [0.3, 0.4) is 0 Å². The van der Waals surface area contributed by atoms with Gasteiger partial charge < -0.3 is 10.0 Å². The molecule has 0 amide bonds. The van der Waals surface area contributed by atoms with Crippen LogP contribution in [-0.4, -0.2) is 42.0 Å². The van der Waals surface area contributed by atoms with Crippen LogP contribution in [0.1, 0.15) is 38.5 Å². The number of hydrogen-bond donors (Lipinski definition) is 1. The summed E-state index contributed by atoms with van der Waals surface area (Å²) in [4.78, 5) is 13.7. The lowest BCUT2D eigenvalue weighted by atomic mass is 10.0. The fraction of sp³-hybridized carbons (Fsp3) is 0.909. The Hall–Kier alpha value is -0.410. The summed E-state index contributed by atoms with van der Waals surface area (Å²) < 4.78 is 0. The van der Waals surface area contributed by atoms with E-state index in [0.29, 0.717) is 12.8 Å². The third kappa shape index (κ3) is 4.20. The highest BCUT2D eigenvalue weighted by molar-refractivity contribution is 5.82. The molecule has 1 aliphatic heterocycles. The Morgan fingerprint density at radius 3 is 2.57 bits per heavy atom. The standard InChI is InChI=1S/C11H21NO2/c1-12-8-4-2-6-10(13)11(14)7-3-5-9-12/h10,13H,2-9H2,1H3. The van der Waals surface area contributed by atoms with Gasteiger partial charge in [0.25, 0.3) is 0 Å². The lowest BCUT2D eigenvalue weighted by Gasteiger charge is -2.15. The highest BCUT2D eigenvalue weighted by Gasteiger charge is 2.15. The van der Waals surface area contributed by atoms with Crippen LogP contribution in [0.5, 0.6) is 0 Å². The van der Waals surface area contributed by atoms with E-state index in [4.69, 9.17) is 0 Å². The van der Waals surface area contributed by atoms with Crippen LogP contribution in [-0.2, 0) is 4.79 Å². The van der Waals surface area contributed by atoms with Crippen molar-refractivity contribution in [3.8, 4) is 0 Å². The van der Waals surface area contributed by atoms with Crippen molar-refractivity contribution < 1.29 is 9.90 Å². The third-order valence-corrected chi connectivity index (χ3v) is 2.85. The molecule has 0 aromatic rings. The van der Waals surface area contributed by atoms with Gasteiger partial charge in [-0.3, -0.25) is 4.79 Å². The van der Waals surface area contributed by atoms with E-state index in [9.17, 15) is 9.90 Å². The molecule has 1 aliphatic rings. The quantitative estimate of drug-likeness (QED) is 0.637. The minimum atomic E-state index is -0.696. The van der Waals surface area contributed by atoms with Crippen molar-refractivity contribution in [3.63, 3.8) is 0 Å². The molecular weight excluding hydrogens is 178 g/mol. The number of aliphatic hydroxyl groups excluding tert-OH is 1. The number of nitrogens with zero attached hydrogens (tertiary/aromatic N) is 1. The summed E-state index contributed by atoms with van der Waals surface area (Å²) in [5.41, 5.74) is 0. The molecule has 3 heteroatoms. The summed E-state index contributed by atoms with van der Waals surface area (Å²) in [6.07, 6.45) is 4.52. The fourth-order valence-electron chi connectivity index (χ4n) is 1.84. The second-order valence-corrected chi connectivity index (χ2v) is 4.24. The minimum absolute atomic E-state index is 0.0366. The maximum atomic E-state index is 11.4. The molecule has 0 aliphatic carbocycles. The molecule has 0 bridgehead atoms. The summed E-state index contributed by atoms with van der Waals surface area (Å²) in [7, 11) is 2.12. The second kappa shape index (κ2) is 6.14. The summed E-state index contributed by atoms with van der Waals surface area (Å²) >= 11 is 0. The number of carbonyl (C=O) groups is 1. The van der Waals surface area contributed by atoms with Crippen LogP contribution in [0.2, 0.25) is 0 Å². The SMILES string of the molecule is CN1CCCCC(=O)C(O)CCCC1. The lowest BCUT2D eigenvalue weighted by Crippen LogP contribution is -2.20. The summed E-state index contributed by atoms with van der Waals surface area (Å²) in [6.45, 7) is 2.16. The predicted molar refractivity (Wildman–Crippen MR) is 56.2 cm³/mol. The van der Waals surface area contributed by atoms with E-state index in [1.165, 1.54) is 0 Å². The molecule has 0 radical (unpaired) electrons. The van der Waals surface area contributed by atoms with Crippen LogP contribution >= 0.6 is 0 Å². The molecule has 1 fully saturated rings. The first-order chi connectivity index (χ1) is 6.70. The van der Waals surface area contributed by atoms with E-state index < -0.39 is 6.10 Å². The maximum Gasteiger partial charge on any atom is 0.161 e. The number of Topliss-reactive ketones (excluding diaryl/α,β-unsaturated/α-hetero) is 1. The fourth-order valence-corrected chi connectivity index (χ4v) is 1.84. The zero-order valence-corrected chi connectivity index (χ0v) is 9.04. The molecule has 3 nitrogen and oxygen atoms in total. The van der Waals surface area contributed by atoms with Crippen molar-refractivity contribution in [1.29, 1.82) is 0 Å². The molecule has 1 N–H and O–H groups in total. The summed E-state index contributed by atoms with van der Waals surface area (Å²) in [5.74, 6) is 0.0366. The number of hydrogen-bond acceptors (Lipinski definition) is 3. The average Bonchev–Trinajstić information content (AvgIpc) is 2.19. The highest BCUT2D eigenvalue weighted by atomic mass is 16.3. The number of carbonyl (C=O) groups excluding carboxylic acids is 1. The molecule has 1 rings (SSSR count). The highest BCUT2D eigenvalue weighted by Crippen LogP contribution is 2.09. The molecule has 0 saturated carbocycles. The Labute approximate surface area is 86.1 Å². The Balaban J connectivity index is 2.37. The minimum Gasteiger partial charge on any atom is -0.385 e. The molecule has 1 atom stereocenters. The molecule has 1 heterocycles. The van der Waals surface area contributed by atoms with Gasteiger partial charge in [-0.15, -0.1) is 0 Å². The first-order valence-corrected chi connectivity index (χ1v) is 5.59. The molecule has 0 spiro atoms. The first kappa shape index (κ1) is 11.7. The maximum absolute atomic E-state index is 11.4. The van der Waals surface area contributed by atoms with Gasteiger partial charge in [0.2, 0.25) is 0 Å². The van der Waals surface area contributed by atoms with Crippen LogP contribution in [0.25, 0.3) is 0 Å². The number of aliphatic hydroxyl groups is 1. The zero-order valence-electron chi connectivity index (χ0n) is 9.04. The molecule has 14 heavy (non-hydrogen) atoms. The Bertz CT molecular complexity index is 182. The van der Waals surface area contributed by atoms with Crippen LogP contribution in [0.15, 0.2) is 0 Å². The molecule has 1 unspecified atom stereocenters. The normalized spacial score (nSPS) is 28.4. The average molecular weight is 199 g/mol. The Kier molecular flexibility index (Phi) is 5.12. The number of ketones is 1. The van der Waals surface area contributed by atoms with Gasteiger partial charge in [0.15, 0.2) is 5.78 Å². The van der Waals surface area contributed by atoms with Gasteiger partial charge in [-0.2, -0.15) is 0 Å². The largest absolute Gasteiger partial charge is 0.385 e. The summed E-state index contributed by atoms with van der Waals surface area (Å²) in [5, 5.41) is 9.49. The Morgan fingerprint density at radius 1 is 1.21 bits per heavy atom. The zero-order chi connectivity index (χ0) is 10.4. The molecule has 82 valence electrons. The monoisotopic (exact) mass is 199 g/mol. The van der Waals surface area contributed by atoms with Gasteiger partial charge in [-0.25, -0.2) is 0 Å². The van der Waals surface area contributed by atoms with E-state index >= 15 is 0 Å². The van der Waals surface area contributed by atoms with E-state index in [0.717, 1.165) is 38.8 Å². The topological polar surface area (TPSA) is 40.5 Å². The Morgan fingerprint density at radius 2 is 1.86 bits per heavy atom. The van der Waals surface area contributed by atoms with Crippen molar-refractivity contribution in [3.05, 3.63) is 0 Å². The molecule has 0 aromatic heterocycles.